The first kappa shape index (κ1) is 11.2. The second-order valence-corrected chi connectivity index (χ2v) is 3.92. The number of aryl methyl sites for hydroxylation is 1. The molecule has 0 aromatic heterocycles. The Hall–Kier alpha value is -1.30. The molecular formula is C14H16O2. The lowest BCUT2D eigenvalue weighted by atomic mass is 10.1. The van der Waals surface area contributed by atoms with E-state index in [1.165, 1.54) is 5.56 Å². The lowest BCUT2D eigenvalue weighted by molar-refractivity contribution is -0.0996. The molecule has 2 rings (SSSR count). The maximum absolute atomic E-state index is 5.46. The summed E-state index contributed by atoms with van der Waals surface area (Å²) < 4.78 is 10.8. The molecule has 16 heavy (non-hydrogen) atoms. The van der Waals surface area contributed by atoms with E-state index in [1.807, 2.05) is 12.1 Å². The second-order valence-electron chi connectivity index (χ2n) is 3.92. The fourth-order valence-corrected chi connectivity index (χ4v) is 1.68. The van der Waals surface area contributed by atoms with E-state index in [2.05, 4.69) is 30.9 Å². The molecule has 0 bridgehead atoms. The fourth-order valence-electron chi connectivity index (χ4n) is 1.68. The summed E-state index contributed by atoms with van der Waals surface area (Å²) in [4.78, 5) is 0. The van der Waals surface area contributed by atoms with Crippen molar-refractivity contribution in [3.05, 3.63) is 35.4 Å². The van der Waals surface area contributed by atoms with Crippen LogP contribution in [0.2, 0.25) is 0 Å². The Morgan fingerprint density at radius 3 is 3.19 bits per heavy atom. The Morgan fingerprint density at radius 2 is 2.44 bits per heavy atom. The summed E-state index contributed by atoms with van der Waals surface area (Å²) in [5.74, 6) is 6.08. The van der Waals surface area contributed by atoms with Crippen LogP contribution in [-0.2, 0) is 9.47 Å². The van der Waals surface area contributed by atoms with Crippen LogP contribution < -0.4 is 0 Å². The molecule has 0 N–H and O–H groups in total. The van der Waals surface area contributed by atoms with E-state index in [1.54, 1.807) is 0 Å². The average molecular weight is 216 g/mol. The number of hydrogen-bond acceptors (Lipinski definition) is 2. The predicted molar refractivity (Wildman–Crippen MR) is 63.0 cm³/mol. The Labute approximate surface area is 96.6 Å². The van der Waals surface area contributed by atoms with E-state index in [4.69, 9.17) is 9.47 Å². The minimum absolute atomic E-state index is 0.0354. The maximum atomic E-state index is 5.46. The molecule has 0 amide bonds. The minimum Gasteiger partial charge on any atom is -0.353 e. The summed E-state index contributed by atoms with van der Waals surface area (Å²) in [6, 6.07) is 8.15. The Kier molecular flexibility index (Phi) is 3.98. The summed E-state index contributed by atoms with van der Waals surface area (Å²) in [7, 11) is 0. The third-order valence-electron chi connectivity index (χ3n) is 2.48. The average Bonchev–Trinajstić information content (AvgIpc) is 2.77. The molecule has 1 aromatic rings. The van der Waals surface area contributed by atoms with Crippen LogP contribution in [0.5, 0.6) is 0 Å². The largest absolute Gasteiger partial charge is 0.353 e. The summed E-state index contributed by atoms with van der Waals surface area (Å²) in [6.07, 6.45) is 2.05. The first-order valence-electron chi connectivity index (χ1n) is 5.63. The first-order chi connectivity index (χ1) is 7.84. The molecule has 1 aliphatic rings. The van der Waals surface area contributed by atoms with Gasteiger partial charge < -0.3 is 9.47 Å². The van der Waals surface area contributed by atoms with Gasteiger partial charge in [0.25, 0.3) is 0 Å². The van der Waals surface area contributed by atoms with Gasteiger partial charge in [-0.1, -0.05) is 24.0 Å². The summed E-state index contributed by atoms with van der Waals surface area (Å²) in [5, 5.41) is 0. The van der Waals surface area contributed by atoms with E-state index in [0.29, 0.717) is 6.61 Å². The SMILES string of the molecule is Cc1cccc(C#CCOC2CCCO2)c1. The molecule has 1 atom stereocenters. The maximum Gasteiger partial charge on any atom is 0.158 e. The van der Waals surface area contributed by atoms with Crippen LogP contribution in [0, 0.1) is 18.8 Å². The van der Waals surface area contributed by atoms with Crippen molar-refractivity contribution in [3.8, 4) is 11.8 Å². The van der Waals surface area contributed by atoms with Gasteiger partial charge in [0, 0.05) is 18.6 Å². The molecule has 84 valence electrons. The summed E-state index contributed by atoms with van der Waals surface area (Å²) >= 11 is 0. The molecule has 0 radical (unpaired) electrons. The molecule has 2 nitrogen and oxygen atoms in total. The molecule has 1 fully saturated rings. The van der Waals surface area contributed by atoms with Crippen LogP contribution >= 0.6 is 0 Å². The molecule has 1 saturated heterocycles. The van der Waals surface area contributed by atoms with Crippen LogP contribution in [0.4, 0.5) is 0 Å². The van der Waals surface area contributed by atoms with Crippen molar-refractivity contribution in [2.24, 2.45) is 0 Å². The van der Waals surface area contributed by atoms with E-state index < -0.39 is 0 Å². The molecule has 1 aliphatic heterocycles. The van der Waals surface area contributed by atoms with Gasteiger partial charge in [-0.25, -0.2) is 0 Å². The quantitative estimate of drug-likeness (QED) is 0.707. The van der Waals surface area contributed by atoms with Crippen molar-refractivity contribution in [1.29, 1.82) is 0 Å². The van der Waals surface area contributed by atoms with Crippen molar-refractivity contribution in [1.82, 2.24) is 0 Å². The van der Waals surface area contributed by atoms with E-state index in [0.717, 1.165) is 25.0 Å². The van der Waals surface area contributed by atoms with Gasteiger partial charge in [-0.2, -0.15) is 0 Å². The minimum atomic E-state index is -0.0354. The van der Waals surface area contributed by atoms with Crippen molar-refractivity contribution in [2.45, 2.75) is 26.1 Å². The van der Waals surface area contributed by atoms with E-state index in [-0.39, 0.29) is 6.29 Å². The molecule has 1 unspecified atom stereocenters. The van der Waals surface area contributed by atoms with Gasteiger partial charge in [0.05, 0.1) is 0 Å². The number of hydrogen-bond donors (Lipinski definition) is 0. The standard InChI is InChI=1S/C14H16O2/c1-12-5-2-6-13(11-12)7-3-9-15-14-8-4-10-16-14/h2,5-6,11,14H,4,8-10H2,1H3. The summed E-state index contributed by atoms with van der Waals surface area (Å²) in [6.45, 7) is 3.32. The van der Waals surface area contributed by atoms with Crippen LogP contribution in [0.1, 0.15) is 24.0 Å². The van der Waals surface area contributed by atoms with Gasteiger partial charge in [-0.05, 0) is 31.0 Å². The molecule has 0 spiro atoms. The van der Waals surface area contributed by atoms with Crippen molar-refractivity contribution in [2.75, 3.05) is 13.2 Å². The third kappa shape index (κ3) is 3.37. The van der Waals surface area contributed by atoms with Gasteiger partial charge in [-0.15, -0.1) is 0 Å². The monoisotopic (exact) mass is 216 g/mol. The van der Waals surface area contributed by atoms with E-state index in [9.17, 15) is 0 Å². The molecule has 0 saturated carbocycles. The number of ether oxygens (including phenoxy) is 2. The fraction of sp³-hybridized carbons (Fsp3) is 0.429. The Balaban J connectivity index is 1.80. The Bertz CT molecular complexity index is 395. The lowest BCUT2D eigenvalue weighted by Crippen LogP contribution is -2.10. The van der Waals surface area contributed by atoms with Gasteiger partial charge >= 0.3 is 0 Å². The second kappa shape index (κ2) is 5.69. The third-order valence-corrected chi connectivity index (χ3v) is 2.48. The smallest absolute Gasteiger partial charge is 0.158 e. The van der Waals surface area contributed by atoms with Crippen LogP contribution in [0.3, 0.4) is 0 Å². The highest BCUT2D eigenvalue weighted by atomic mass is 16.7. The molecule has 1 aromatic carbocycles. The van der Waals surface area contributed by atoms with Crippen molar-refractivity contribution < 1.29 is 9.47 Å². The zero-order valence-corrected chi connectivity index (χ0v) is 9.53. The van der Waals surface area contributed by atoms with Gasteiger partial charge in [0.1, 0.15) is 6.61 Å². The zero-order valence-electron chi connectivity index (χ0n) is 9.53. The van der Waals surface area contributed by atoms with Crippen molar-refractivity contribution >= 4 is 0 Å². The van der Waals surface area contributed by atoms with Crippen molar-refractivity contribution in [3.63, 3.8) is 0 Å². The summed E-state index contributed by atoms with van der Waals surface area (Å²) in [5.41, 5.74) is 2.27. The van der Waals surface area contributed by atoms with Gasteiger partial charge in [0.2, 0.25) is 0 Å². The molecular weight excluding hydrogens is 200 g/mol. The van der Waals surface area contributed by atoms with Crippen LogP contribution in [0.15, 0.2) is 24.3 Å². The molecule has 2 heteroatoms. The Morgan fingerprint density at radius 1 is 1.50 bits per heavy atom. The highest BCUT2D eigenvalue weighted by Crippen LogP contribution is 2.12. The van der Waals surface area contributed by atoms with Gasteiger partial charge in [0.15, 0.2) is 6.29 Å². The van der Waals surface area contributed by atoms with E-state index >= 15 is 0 Å². The lowest BCUT2D eigenvalue weighted by Gasteiger charge is -2.06. The zero-order chi connectivity index (χ0) is 11.2. The molecule has 1 heterocycles. The molecule has 0 aliphatic carbocycles. The topological polar surface area (TPSA) is 18.5 Å². The van der Waals surface area contributed by atoms with Crippen LogP contribution in [0.25, 0.3) is 0 Å². The normalized spacial score (nSPS) is 19.2. The highest BCUT2D eigenvalue weighted by molar-refractivity contribution is 5.36. The first-order valence-corrected chi connectivity index (χ1v) is 5.63. The number of rotatable bonds is 2. The van der Waals surface area contributed by atoms with Crippen LogP contribution in [-0.4, -0.2) is 19.5 Å². The predicted octanol–water partition coefficient (Wildman–Crippen LogP) is 2.50. The number of benzene rings is 1. The van der Waals surface area contributed by atoms with Gasteiger partial charge in [-0.3, -0.25) is 0 Å². The highest BCUT2D eigenvalue weighted by Gasteiger charge is 2.14.